The van der Waals surface area contributed by atoms with E-state index in [0.29, 0.717) is 17.0 Å². The van der Waals surface area contributed by atoms with Crippen molar-refractivity contribution < 1.29 is 24.2 Å². The number of ether oxygens (including phenoxy) is 2. The summed E-state index contributed by atoms with van der Waals surface area (Å²) >= 11 is 0. The quantitative estimate of drug-likeness (QED) is 0.665. The first kappa shape index (κ1) is 19.4. The fourth-order valence-corrected chi connectivity index (χ4v) is 4.04. The van der Waals surface area contributed by atoms with Crippen LogP contribution in [0.25, 0.3) is 0 Å². The Balaban J connectivity index is 1.80. The second-order valence-corrected chi connectivity index (χ2v) is 7.33. The lowest BCUT2D eigenvalue weighted by Crippen LogP contribution is -2.34. The first-order chi connectivity index (χ1) is 15.5. The van der Waals surface area contributed by atoms with Gasteiger partial charge in [0.1, 0.15) is 22.9 Å². The molecule has 3 aromatic rings. The molecule has 7 nitrogen and oxygen atoms in total. The maximum atomic E-state index is 13.7. The largest absolute Gasteiger partial charge is 0.507 e. The predicted molar refractivity (Wildman–Crippen MR) is 115 cm³/mol. The Hall–Kier alpha value is -4.57. The van der Waals surface area contributed by atoms with Crippen LogP contribution in [0.2, 0.25) is 0 Å². The van der Waals surface area contributed by atoms with Crippen molar-refractivity contribution in [2.45, 2.75) is 6.54 Å². The first-order valence-electron chi connectivity index (χ1n) is 9.80. The van der Waals surface area contributed by atoms with Crippen LogP contribution >= 0.6 is 0 Å². The molecule has 2 aliphatic rings. The van der Waals surface area contributed by atoms with Crippen molar-refractivity contribution in [3.05, 3.63) is 94.4 Å². The third-order valence-corrected chi connectivity index (χ3v) is 5.53. The van der Waals surface area contributed by atoms with Crippen LogP contribution in [0.3, 0.4) is 0 Å². The molecule has 7 heteroatoms. The second-order valence-electron chi connectivity index (χ2n) is 7.33. The molecule has 156 valence electrons. The molecule has 0 saturated carbocycles. The van der Waals surface area contributed by atoms with Gasteiger partial charge in [-0.25, -0.2) is 0 Å². The Bertz CT molecular complexity index is 1380. The summed E-state index contributed by atoms with van der Waals surface area (Å²) in [6.45, 7) is 0.225. The number of nitriles is 1. The van der Waals surface area contributed by atoms with Crippen molar-refractivity contribution in [3.8, 4) is 23.3 Å². The highest BCUT2D eigenvalue weighted by atomic mass is 16.5. The van der Waals surface area contributed by atoms with Crippen LogP contribution < -0.4 is 14.4 Å². The normalized spacial score (nSPS) is 14.6. The van der Waals surface area contributed by atoms with Crippen molar-refractivity contribution >= 4 is 17.3 Å². The van der Waals surface area contributed by atoms with Crippen molar-refractivity contribution in [3.63, 3.8) is 0 Å². The zero-order chi connectivity index (χ0) is 22.4. The average molecular weight is 424 g/mol. The van der Waals surface area contributed by atoms with E-state index >= 15 is 0 Å². The number of benzene rings is 3. The van der Waals surface area contributed by atoms with Gasteiger partial charge in [0.25, 0.3) is 0 Å². The molecule has 0 aromatic heterocycles. The van der Waals surface area contributed by atoms with E-state index < -0.39 is 11.6 Å². The molecule has 0 fully saturated rings. The summed E-state index contributed by atoms with van der Waals surface area (Å²) in [7, 11) is 1.39. The van der Waals surface area contributed by atoms with Gasteiger partial charge < -0.3 is 19.5 Å². The van der Waals surface area contributed by atoms with Gasteiger partial charge in [-0.2, -0.15) is 5.26 Å². The number of methoxy groups -OCH3 is 1. The van der Waals surface area contributed by atoms with Crippen molar-refractivity contribution in [1.29, 1.82) is 5.26 Å². The lowest BCUT2D eigenvalue weighted by molar-refractivity contribution is 0.0930. The van der Waals surface area contributed by atoms with Crippen molar-refractivity contribution in [1.82, 2.24) is 0 Å². The molecular weight excluding hydrogens is 408 g/mol. The lowest BCUT2D eigenvalue weighted by Gasteiger charge is -2.29. The zero-order valence-corrected chi connectivity index (χ0v) is 17.0. The molecule has 0 saturated heterocycles. The van der Waals surface area contributed by atoms with E-state index in [-0.39, 0.29) is 40.6 Å². The number of anilines is 1. The summed E-state index contributed by atoms with van der Waals surface area (Å²) in [4.78, 5) is 28.9. The van der Waals surface area contributed by atoms with E-state index in [1.165, 1.54) is 19.2 Å². The number of hydrogen-bond acceptors (Lipinski definition) is 7. The average Bonchev–Trinajstić information content (AvgIpc) is 3.00. The number of allylic oxidation sites excluding steroid dienone is 2. The SMILES string of the molecule is COc1ccc(O)c2c1C(=O)C1=C(C2=O)N(c2cccc(C#N)c2)Cc2ccccc2O1. The van der Waals surface area contributed by atoms with E-state index in [2.05, 4.69) is 6.07 Å². The van der Waals surface area contributed by atoms with Crippen LogP contribution in [0.15, 0.2) is 72.1 Å². The van der Waals surface area contributed by atoms with Crippen LogP contribution in [0.1, 0.15) is 31.8 Å². The number of rotatable bonds is 2. The van der Waals surface area contributed by atoms with Gasteiger partial charge in [0.15, 0.2) is 0 Å². The second kappa shape index (κ2) is 7.29. The highest BCUT2D eigenvalue weighted by molar-refractivity contribution is 6.29. The molecule has 0 atom stereocenters. The van der Waals surface area contributed by atoms with Crippen LogP contribution in [0.5, 0.6) is 17.2 Å². The number of fused-ring (bicyclic) bond motifs is 2. The summed E-state index contributed by atoms with van der Waals surface area (Å²) in [5.74, 6) is -0.997. The Kier molecular flexibility index (Phi) is 4.42. The monoisotopic (exact) mass is 424 g/mol. The third kappa shape index (κ3) is 2.81. The number of para-hydroxylation sites is 1. The molecule has 5 rings (SSSR count). The molecule has 1 heterocycles. The van der Waals surface area contributed by atoms with Gasteiger partial charge in [0.05, 0.1) is 36.4 Å². The smallest absolute Gasteiger partial charge is 0.235 e. The van der Waals surface area contributed by atoms with Crippen molar-refractivity contribution in [2.75, 3.05) is 12.0 Å². The zero-order valence-electron chi connectivity index (χ0n) is 17.0. The summed E-state index contributed by atoms with van der Waals surface area (Å²) in [6.07, 6.45) is 0. The van der Waals surface area contributed by atoms with Gasteiger partial charge >= 0.3 is 0 Å². The Morgan fingerprint density at radius 1 is 1.03 bits per heavy atom. The molecule has 1 aliphatic carbocycles. The number of aromatic hydroxyl groups is 1. The van der Waals surface area contributed by atoms with Crippen LogP contribution in [-0.4, -0.2) is 23.8 Å². The minimum Gasteiger partial charge on any atom is -0.507 e. The van der Waals surface area contributed by atoms with Gasteiger partial charge in [-0.1, -0.05) is 24.3 Å². The van der Waals surface area contributed by atoms with E-state index in [1.807, 2.05) is 12.1 Å². The summed E-state index contributed by atoms with van der Waals surface area (Å²) in [5.41, 5.74) is 1.53. The summed E-state index contributed by atoms with van der Waals surface area (Å²) < 4.78 is 11.3. The number of ketones is 2. The number of nitrogens with zero attached hydrogens (tertiary/aromatic N) is 2. The Morgan fingerprint density at radius 3 is 2.62 bits per heavy atom. The minimum absolute atomic E-state index is 0.00246. The standard InChI is InChI=1S/C25H16N2O5/c1-31-19-10-9-17(28)20-21(19)24(30)25-22(23(20)29)27(16-7-4-5-14(11-16)12-26)13-15-6-2-3-8-18(15)32-25/h2-11,28H,13H2,1H3. The highest BCUT2D eigenvalue weighted by Crippen LogP contribution is 2.42. The number of phenols is 1. The number of carbonyl (C=O) groups excluding carboxylic acids is 2. The maximum absolute atomic E-state index is 13.7. The van der Waals surface area contributed by atoms with Crippen molar-refractivity contribution in [2.24, 2.45) is 0 Å². The number of hydrogen-bond donors (Lipinski definition) is 1. The molecule has 0 spiro atoms. The number of phenolic OH excluding ortho intramolecular Hbond substituents is 1. The minimum atomic E-state index is -0.569. The predicted octanol–water partition coefficient (Wildman–Crippen LogP) is 3.96. The van der Waals surface area contributed by atoms with E-state index in [1.54, 1.807) is 41.3 Å². The van der Waals surface area contributed by atoms with Crippen LogP contribution in [-0.2, 0) is 6.54 Å². The van der Waals surface area contributed by atoms with Gasteiger partial charge in [0.2, 0.25) is 17.3 Å². The van der Waals surface area contributed by atoms with Gasteiger partial charge in [0, 0.05) is 11.3 Å². The third-order valence-electron chi connectivity index (χ3n) is 5.53. The number of carbonyl (C=O) groups is 2. The van der Waals surface area contributed by atoms with Gasteiger partial charge in [-0.3, -0.25) is 9.59 Å². The highest BCUT2D eigenvalue weighted by Gasteiger charge is 2.42. The molecule has 1 aliphatic heterocycles. The first-order valence-corrected chi connectivity index (χ1v) is 9.80. The van der Waals surface area contributed by atoms with Gasteiger partial charge in [-0.05, 0) is 36.4 Å². The topological polar surface area (TPSA) is 99.9 Å². The summed E-state index contributed by atoms with van der Waals surface area (Å²) in [5, 5.41) is 19.8. The van der Waals surface area contributed by atoms with E-state index in [4.69, 9.17) is 9.47 Å². The van der Waals surface area contributed by atoms with Crippen LogP contribution in [0.4, 0.5) is 5.69 Å². The van der Waals surface area contributed by atoms with E-state index in [9.17, 15) is 20.0 Å². The molecule has 32 heavy (non-hydrogen) atoms. The fraction of sp³-hybridized carbons (Fsp3) is 0.0800. The van der Waals surface area contributed by atoms with Crippen LogP contribution in [0, 0.1) is 11.3 Å². The van der Waals surface area contributed by atoms with E-state index in [0.717, 1.165) is 5.56 Å². The van der Waals surface area contributed by atoms with Gasteiger partial charge in [-0.15, -0.1) is 0 Å². The number of Topliss-reactive ketones (excluding diaryl/α,β-unsaturated/α-hetero) is 2. The summed E-state index contributed by atoms with van der Waals surface area (Å²) in [6, 6.07) is 18.8. The maximum Gasteiger partial charge on any atom is 0.235 e. The molecule has 0 unspecified atom stereocenters. The molecule has 0 amide bonds. The fourth-order valence-electron chi connectivity index (χ4n) is 4.04. The lowest BCUT2D eigenvalue weighted by atomic mass is 9.88. The molecule has 1 N–H and O–H groups in total. The molecule has 3 aromatic carbocycles. The molecule has 0 bridgehead atoms. The Morgan fingerprint density at radius 2 is 1.84 bits per heavy atom. The molecule has 0 radical (unpaired) electrons. The Labute approximate surface area is 183 Å². The molecular formula is C25H16N2O5.